The van der Waals surface area contributed by atoms with E-state index in [-0.39, 0.29) is 6.04 Å². The summed E-state index contributed by atoms with van der Waals surface area (Å²) >= 11 is 0. The fourth-order valence-electron chi connectivity index (χ4n) is 2.64. The SMILES string of the molecule is CCNC(Cc1nn(C)c2ccccc12)c1ccco1. The van der Waals surface area contributed by atoms with Gasteiger partial charge >= 0.3 is 0 Å². The summed E-state index contributed by atoms with van der Waals surface area (Å²) in [7, 11) is 1.99. The first-order valence-corrected chi connectivity index (χ1v) is 6.97. The second kappa shape index (κ2) is 5.51. The van der Waals surface area contributed by atoms with Crippen molar-refractivity contribution in [1.82, 2.24) is 15.1 Å². The molecule has 0 amide bonds. The molecule has 4 heteroatoms. The first kappa shape index (κ1) is 12.9. The molecular weight excluding hydrogens is 250 g/mol. The fourth-order valence-corrected chi connectivity index (χ4v) is 2.64. The van der Waals surface area contributed by atoms with Gasteiger partial charge in [-0.1, -0.05) is 25.1 Å². The summed E-state index contributed by atoms with van der Waals surface area (Å²) in [4.78, 5) is 0. The lowest BCUT2D eigenvalue weighted by Gasteiger charge is -2.14. The van der Waals surface area contributed by atoms with Crippen LogP contribution in [-0.4, -0.2) is 16.3 Å². The first-order valence-electron chi connectivity index (χ1n) is 6.97. The summed E-state index contributed by atoms with van der Waals surface area (Å²) in [5, 5.41) is 9.33. The number of nitrogens with one attached hydrogen (secondary N) is 1. The van der Waals surface area contributed by atoms with Gasteiger partial charge in [0.05, 0.1) is 23.5 Å². The zero-order valence-electron chi connectivity index (χ0n) is 11.8. The number of furan rings is 1. The normalized spacial score (nSPS) is 12.9. The van der Waals surface area contributed by atoms with Crippen LogP contribution in [0.1, 0.15) is 24.4 Å². The van der Waals surface area contributed by atoms with Crippen molar-refractivity contribution in [1.29, 1.82) is 0 Å². The third-order valence-electron chi connectivity index (χ3n) is 3.57. The van der Waals surface area contributed by atoms with Crippen molar-refractivity contribution in [2.75, 3.05) is 6.54 Å². The molecule has 0 aliphatic heterocycles. The van der Waals surface area contributed by atoms with Gasteiger partial charge < -0.3 is 9.73 Å². The van der Waals surface area contributed by atoms with Crippen LogP contribution in [0.4, 0.5) is 0 Å². The van der Waals surface area contributed by atoms with E-state index in [2.05, 4.69) is 35.5 Å². The number of rotatable bonds is 5. The van der Waals surface area contributed by atoms with E-state index in [0.717, 1.165) is 29.9 Å². The molecule has 1 unspecified atom stereocenters. The van der Waals surface area contributed by atoms with Gasteiger partial charge in [-0.15, -0.1) is 0 Å². The fraction of sp³-hybridized carbons (Fsp3) is 0.312. The summed E-state index contributed by atoms with van der Waals surface area (Å²) in [5.41, 5.74) is 2.27. The van der Waals surface area contributed by atoms with Crippen molar-refractivity contribution in [3.05, 3.63) is 54.1 Å². The van der Waals surface area contributed by atoms with Crippen molar-refractivity contribution < 1.29 is 4.42 Å². The van der Waals surface area contributed by atoms with Crippen LogP contribution in [0.3, 0.4) is 0 Å². The number of hydrogen-bond acceptors (Lipinski definition) is 3. The van der Waals surface area contributed by atoms with Gasteiger partial charge in [0.25, 0.3) is 0 Å². The van der Waals surface area contributed by atoms with Crippen LogP contribution in [0.15, 0.2) is 47.1 Å². The van der Waals surface area contributed by atoms with E-state index in [1.807, 2.05) is 29.9 Å². The zero-order valence-corrected chi connectivity index (χ0v) is 11.8. The lowest BCUT2D eigenvalue weighted by molar-refractivity contribution is 0.414. The lowest BCUT2D eigenvalue weighted by Crippen LogP contribution is -2.22. The van der Waals surface area contributed by atoms with E-state index in [9.17, 15) is 0 Å². The van der Waals surface area contributed by atoms with Gasteiger partial charge in [0.15, 0.2) is 0 Å². The van der Waals surface area contributed by atoms with Gasteiger partial charge in [-0.05, 0) is 24.7 Å². The largest absolute Gasteiger partial charge is 0.468 e. The average Bonchev–Trinajstić information content (AvgIpc) is 3.08. The standard InChI is InChI=1S/C16H19N3O/c1-3-17-14(16-9-6-10-20-16)11-13-12-7-4-5-8-15(12)19(2)18-13/h4-10,14,17H,3,11H2,1-2H3. The molecule has 3 rings (SSSR count). The predicted molar refractivity (Wildman–Crippen MR) is 79.5 cm³/mol. The number of para-hydroxylation sites is 1. The van der Waals surface area contributed by atoms with Crippen LogP contribution in [-0.2, 0) is 13.5 Å². The molecular formula is C16H19N3O. The summed E-state index contributed by atoms with van der Waals surface area (Å²) in [6.45, 7) is 3.00. The number of benzene rings is 1. The smallest absolute Gasteiger partial charge is 0.121 e. The topological polar surface area (TPSA) is 43.0 Å². The molecule has 0 fully saturated rings. The molecule has 0 saturated heterocycles. The molecule has 2 aromatic heterocycles. The number of fused-ring (bicyclic) bond motifs is 1. The van der Waals surface area contributed by atoms with Gasteiger partial charge in [0.2, 0.25) is 0 Å². The average molecular weight is 269 g/mol. The summed E-state index contributed by atoms with van der Waals surface area (Å²) < 4.78 is 7.48. The van der Waals surface area contributed by atoms with E-state index in [1.165, 1.54) is 5.39 Å². The minimum Gasteiger partial charge on any atom is -0.468 e. The first-order chi connectivity index (χ1) is 9.79. The Morgan fingerprint density at radius 3 is 2.85 bits per heavy atom. The minimum atomic E-state index is 0.160. The van der Waals surface area contributed by atoms with Crippen LogP contribution in [0, 0.1) is 0 Å². The second-order valence-corrected chi connectivity index (χ2v) is 4.92. The molecule has 104 valence electrons. The van der Waals surface area contributed by atoms with Gasteiger partial charge in [-0.25, -0.2) is 0 Å². The van der Waals surface area contributed by atoms with Crippen LogP contribution in [0.2, 0.25) is 0 Å². The van der Waals surface area contributed by atoms with Crippen molar-refractivity contribution in [3.8, 4) is 0 Å². The Balaban J connectivity index is 1.94. The number of aryl methyl sites for hydroxylation is 1. The Morgan fingerprint density at radius 2 is 2.10 bits per heavy atom. The van der Waals surface area contributed by atoms with Crippen molar-refractivity contribution in [3.63, 3.8) is 0 Å². The molecule has 3 aromatic rings. The van der Waals surface area contributed by atoms with Crippen molar-refractivity contribution in [2.24, 2.45) is 7.05 Å². The quantitative estimate of drug-likeness (QED) is 0.774. The molecule has 20 heavy (non-hydrogen) atoms. The Hall–Kier alpha value is -2.07. The molecule has 0 bridgehead atoms. The number of aromatic nitrogens is 2. The van der Waals surface area contributed by atoms with E-state index < -0.39 is 0 Å². The molecule has 4 nitrogen and oxygen atoms in total. The van der Waals surface area contributed by atoms with Gasteiger partial charge in [-0.3, -0.25) is 4.68 Å². The van der Waals surface area contributed by atoms with Crippen LogP contribution >= 0.6 is 0 Å². The van der Waals surface area contributed by atoms with E-state index in [4.69, 9.17) is 4.42 Å². The maximum absolute atomic E-state index is 5.54. The molecule has 0 spiro atoms. The number of hydrogen-bond donors (Lipinski definition) is 1. The molecule has 0 radical (unpaired) electrons. The minimum absolute atomic E-state index is 0.160. The monoisotopic (exact) mass is 269 g/mol. The highest BCUT2D eigenvalue weighted by Crippen LogP contribution is 2.24. The number of likely N-dealkylation sites (N-methyl/N-ethyl adjacent to an activating group) is 1. The molecule has 0 aliphatic carbocycles. The molecule has 1 N–H and O–H groups in total. The van der Waals surface area contributed by atoms with Crippen LogP contribution in [0.25, 0.3) is 10.9 Å². The maximum atomic E-state index is 5.54. The van der Waals surface area contributed by atoms with E-state index in [0.29, 0.717) is 0 Å². The maximum Gasteiger partial charge on any atom is 0.121 e. The Labute approximate surface area is 118 Å². The molecule has 1 aromatic carbocycles. The zero-order chi connectivity index (χ0) is 13.9. The highest BCUT2D eigenvalue weighted by Gasteiger charge is 2.17. The lowest BCUT2D eigenvalue weighted by atomic mass is 10.1. The summed E-state index contributed by atoms with van der Waals surface area (Å²) in [6.07, 6.45) is 2.54. The van der Waals surface area contributed by atoms with Crippen LogP contribution < -0.4 is 5.32 Å². The Morgan fingerprint density at radius 1 is 1.25 bits per heavy atom. The van der Waals surface area contributed by atoms with E-state index >= 15 is 0 Å². The second-order valence-electron chi connectivity index (χ2n) is 4.92. The number of nitrogens with zero attached hydrogens (tertiary/aromatic N) is 2. The molecule has 0 saturated carbocycles. The van der Waals surface area contributed by atoms with Gasteiger partial charge in [0, 0.05) is 18.9 Å². The molecule has 0 aliphatic rings. The van der Waals surface area contributed by atoms with Crippen molar-refractivity contribution in [2.45, 2.75) is 19.4 Å². The Kier molecular flexibility index (Phi) is 3.56. The van der Waals surface area contributed by atoms with E-state index in [1.54, 1.807) is 6.26 Å². The third-order valence-corrected chi connectivity index (χ3v) is 3.57. The molecule has 1 atom stereocenters. The van der Waals surface area contributed by atoms with Crippen molar-refractivity contribution >= 4 is 10.9 Å². The molecule has 2 heterocycles. The van der Waals surface area contributed by atoms with Crippen LogP contribution in [0.5, 0.6) is 0 Å². The third kappa shape index (κ3) is 2.34. The highest BCUT2D eigenvalue weighted by atomic mass is 16.3. The van der Waals surface area contributed by atoms with Gasteiger partial charge in [-0.2, -0.15) is 5.10 Å². The Bertz CT molecular complexity index is 685. The summed E-state index contributed by atoms with van der Waals surface area (Å²) in [5.74, 6) is 0.960. The predicted octanol–water partition coefficient (Wildman–Crippen LogP) is 3.06. The highest BCUT2D eigenvalue weighted by molar-refractivity contribution is 5.81. The van der Waals surface area contributed by atoms with Gasteiger partial charge in [0.1, 0.15) is 5.76 Å². The summed E-state index contributed by atoms with van der Waals surface area (Å²) in [6, 6.07) is 12.4.